The summed E-state index contributed by atoms with van der Waals surface area (Å²) in [6.07, 6.45) is 41.7. The van der Waals surface area contributed by atoms with Crippen LogP contribution in [0.3, 0.4) is 0 Å². The third kappa shape index (κ3) is 32.8. The topological polar surface area (TPSA) is 184 Å². The smallest absolute Gasteiger partial charge is 0.472 e. The maximum Gasteiger partial charge on any atom is 0.472 e. The normalized spacial score (nSPS) is 17.9. The molecule has 0 bridgehead atoms. The van der Waals surface area contributed by atoms with Crippen LogP contribution in [0.2, 0.25) is 0 Å². The van der Waals surface area contributed by atoms with E-state index in [1.54, 1.807) is 0 Å². The molecule has 326 valence electrons. The summed E-state index contributed by atoms with van der Waals surface area (Å²) in [5.41, 5.74) is 5.33. The zero-order valence-corrected chi connectivity index (χ0v) is 35.7. The maximum atomic E-state index is 12.6. The zero-order chi connectivity index (χ0) is 41.8. The Labute approximate surface area is 343 Å². The number of carboxylic acid groups (broad SMARTS) is 1. The zero-order valence-electron chi connectivity index (χ0n) is 34.9. The first kappa shape index (κ1) is 52.2. The number of hydrogen-bond acceptors (Lipinski definition) is 10. The van der Waals surface area contributed by atoms with Gasteiger partial charge in [-0.05, 0) is 77.0 Å². The highest BCUT2D eigenvalue weighted by Crippen LogP contribution is 2.43. The maximum absolute atomic E-state index is 12.6. The minimum Gasteiger partial charge on any atom is -0.480 e. The van der Waals surface area contributed by atoms with E-state index in [0.29, 0.717) is 25.0 Å². The summed E-state index contributed by atoms with van der Waals surface area (Å²) in [7, 11) is -4.73. The van der Waals surface area contributed by atoms with Crippen LogP contribution in [0.15, 0.2) is 60.8 Å². The molecule has 0 spiro atoms. The molecule has 0 aromatic heterocycles. The van der Waals surface area contributed by atoms with Gasteiger partial charge in [-0.2, -0.15) is 0 Å². The van der Waals surface area contributed by atoms with Crippen molar-refractivity contribution < 1.29 is 52.2 Å². The van der Waals surface area contributed by atoms with Gasteiger partial charge >= 0.3 is 25.7 Å². The molecule has 0 radical (unpaired) electrons. The van der Waals surface area contributed by atoms with Gasteiger partial charge in [0.15, 0.2) is 6.10 Å². The number of carbonyl (C=O) groups is 3. The van der Waals surface area contributed by atoms with Crippen LogP contribution in [0.5, 0.6) is 0 Å². The minimum absolute atomic E-state index is 0.132. The van der Waals surface area contributed by atoms with Crippen molar-refractivity contribution in [2.45, 2.75) is 179 Å². The fourth-order valence-electron chi connectivity index (χ4n) is 5.71. The van der Waals surface area contributed by atoms with Gasteiger partial charge in [-0.15, -0.1) is 0 Å². The van der Waals surface area contributed by atoms with Crippen molar-refractivity contribution in [2.75, 3.05) is 19.8 Å². The van der Waals surface area contributed by atoms with Crippen LogP contribution < -0.4 is 5.73 Å². The van der Waals surface area contributed by atoms with Crippen molar-refractivity contribution in [3.05, 3.63) is 60.8 Å². The Balaban J connectivity index is 2.31. The lowest BCUT2D eigenvalue weighted by Crippen LogP contribution is -2.34. The number of unbranched alkanes of at least 4 members (excludes halogenated alkanes) is 11. The summed E-state index contributed by atoms with van der Waals surface area (Å²) in [5.74, 6) is -2.44. The summed E-state index contributed by atoms with van der Waals surface area (Å²) < 4.78 is 38.4. The Bertz CT molecular complexity index is 1260. The van der Waals surface area contributed by atoms with Crippen LogP contribution in [0.1, 0.15) is 155 Å². The second kappa shape index (κ2) is 35.1. The molecular formula is C44H74NO11P. The number of carbonyl (C=O) groups excluding carboxylic acids is 2. The summed E-state index contributed by atoms with van der Waals surface area (Å²) >= 11 is 0. The number of rotatable bonds is 38. The molecule has 13 heteroatoms. The Morgan fingerprint density at radius 3 is 1.82 bits per heavy atom. The SMILES string of the molecule is CC/C=C\C/C=C\C/C=C\C/C=C\CCCCCCC(=O)OC[C@H](COP(=O)(O)OC[C@H](N)C(=O)O)OC(=O)CCCCCCC/C=C\CC1OC1CCCCC. The second-order valence-electron chi connectivity index (χ2n) is 14.5. The van der Waals surface area contributed by atoms with Gasteiger partial charge in [0, 0.05) is 12.8 Å². The predicted octanol–water partition coefficient (Wildman–Crippen LogP) is 10.2. The molecule has 0 aromatic rings. The largest absolute Gasteiger partial charge is 0.480 e. The predicted molar refractivity (Wildman–Crippen MR) is 225 cm³/mol. The van der Waals surface area contributed by atoms with E-state index < -0.39 is 51.1 Å². The van der Waals surface area contributed by atoms with E-state index in [0.717, 1.165) is 89.9 Å². The van der Waals surface area contributed by atoms with E-state index in [4.69, 9.17) is 29.6 Å². The van der Waals surface area contributed by atoms with Crippen LogP contribution >= 0.6 is 7.82 Å². The van der Waals surface area contributed by atoms with E-state index >= 15 is 0 Å². The second-order valence-corrected chi connectivity index (χ2v) is 15.9. The Morgan fingerprint density at radius 2 is 1.21 bits per heavy atom. The van der Waals surface area contributed by atoms with Gasteiger partial charge in [-0.1, -0.05) is 126 Å². The number of allylic oxidation sites excluding steroid dienone is 9. The molecule has 12 nitrogen and oxygen atoms in total. The third-order valence-electron chi connectivity index (χ3n) is 9.17. The molecular weight excluding hydrogens is 749 g/mol. The summed E-state index contributed by atoms with van der Waals surface area (Å²) in [6.45, 7) is 2.60. The van der Waals surface area contributed by atoms with Crippen LogP contribution in [0, 0.1) is 0 Å². The monoisotopic (exact) mass is 823 g/mol. The lowest BCUT2D eigenvalue weighted by atomic mass is 10.1. The number of ether oxygens (including phenoxy) is 3. The minimum atomic E-state index is -4.73. The lowest BCUT2D eigenvalue weighted by molar-refractivity contribution is -0.161. The molecule has 4 N–H and O–H groups in total. The van der Waals surface area contributed by atoms with Gasteiger partial charge in [0.25, 0.3) is 0 Å². The van der Waals surface area contributed by atoms with E-state index in [1.807, 2.05) is 0 Å². The van der Waals surface area contributed by atoms with Gasteiger partial charge in [0.2, 0.25) is 0 Å². The van der Waals surface area contributed by atoms with Gasteiger partial charge in [0.05, 0.1) is 25.4 Å². The Kier molecular flexibility index (Phi) is 32.1. The lowest BCUT2D eigenvalue weighted by Gasteiger charge is -2.20. The van der Waals surface area contributed by atoms with Gasteiger partial charge < -0.3 is 29.9 Å². The quantitative estimate of drug-likeness (QED) is 0.0176. The first-order chi connectivity index (χ1) is 27.6. The van der Waals surface area contributed by atoms with Crippen molar-refractivity contribution in [1.29, 1.82) is 0 Å². The summed E-state index contributed by atoms with van der Waals surface area (Å²) in [6, 6.07) is -1.53. The number of aliphatic carboxylic acids is 1. The number of epoxide rings is 1. The number of esters is 2. The molecule has 5 atom stereocenters. The van der Waals surface area contributed by atoms with Crippen LogP contribution in [0.4, 0.5) is 0 Å². The van der Waals surface area contributed by atoms with Gasteiger partial charge in [0.1, 0.15) is 12.6 Å². The van der Waals surface area contributed by atoms with Crippen molar-refractivity contribution in [2.24, 2.45) is 5.73 Å². The molecule has 0 aromatic carbocycles. The third-order valence-corrected chi connectivity index (χ3v) is 10.1. The molecule has 1 rings (SSSR count). The highest BCUT2D eigenvalue weighted by Gasteiger charge is 2.36. The molecule has 0 aliphatic carbocycles. The van der Waals surface area contributed by atoms with Crippen LogP contribution in [-0.2, 0) is 42.2 Å². The fraction of sp³-hybridized carbons (Fsp3) is 0.705. The first-order valence-corrected chi connectivity index (χ1v) is 22.9. The molecule has 1 aliphatic rings. The van der Waals surface area contributed by atoms with Crippen molar-refractivity contribution in [1.82, 2.24) is 0 Å². The van der Waals surface area contributed by atoms with Gasteiger partial charge in [-0.25, -0.2) is 4.57 Å². The molecule has 57 heavy (non-hydrogen) atoms. The summed E-state index contributed by atoms with van der Waals surface area (Å²) in [4.78, 5) is 46.0. The fourth-order valence-corrected chi connectivity index (χ4v) is 6.49. The Morgan fingerprint density at radius 1 is 0.667 bits per heavy atom. The molecule has 3 unspecified atom stereocenters. The first-order valence-electron chi connectivity index (χ1n) is 21.4. The number of phosphoric ester groups is 1. The number of hydrogen-bond donors (Lipinski definition) is 3. The molecule has 1 aliphatic heterocycles. The van der Waals surface area contributed by atoms with Crippen molar-refractivity contribution in [3.8, 4) is 0 Å². The molecule has 1 heterocycles. The highest BCUT2D eigenvalue weighted by molar-refractivity contribution is 7.47. The van der Waals surface area contributed by atoms with Crippen molar-refractivity contribution in [3.63, 3.8) is 0 Å². The standard InChI is InChI=1S/C44H74NO11P/c1-3-5-7-8-9-10-11-12-13-14-15-16-17-18-22-25-29-33-42(46)52-35-38(36-53-57(50,51)54-37-39(45)44(48)49)55-43(47)34-30-26-23-20-19-21-24-28-32-41-40(56-41)31-27-6-4-2/h5,7,9-10,12-13,15-16,24,28,38-41H,3-4,6,8,11,14,17-23,25-27,29-37,45H2,1-2H3,(H,48,49)(H,50,51)/b7-5-,10-9-,13-12-,16-15-,28-24-/t38-,39+,40?,41?/m1/s1. The summed E-state index contributed by atoms with van der Waals surface area (Å²) in [5, 5.41) is 8.89. The average Bonchev–Trinajstić information content (AvgIpc) is 3.94. The van der Waals surface area contributed by atoms with Crippen molar-refractivity contribution >= 4 is 25.7 Å². The highest BCUT2D eigenvalue weighted by atomic mass is 31.2. The molecule has 1 saturated heterocycles. The van der Waals surface area contributed by atoms with E-state index in [1.165, 1.54) is 25.7 Å². The van der Waals surface area contributed by atoms with Crippen LogP contribution in [0.25, 0.3) is 0 Å². The average molecular weight is 824 g/mol. The van der Waals surface area contributed by atoms with E-state index in [-0.39, 0.29) is 19.4 Å². The van der Waals surface area contributed by atoms with E-state index in [9.17, 15) is 23.8 Å². The van der Waals surface area contributed by atoms with Gasteiger partial charge in [-0.3, -0.25) is 23.4 Å². The molecule has 1 fully saturated rings. The molecule has 0 saturated carbocycles. The number of phosphoric acid groups is 1. The number of carboxylic acids is 1. The van der Waals surface area contributed by atoms with E-state index in [2.05, 4.69) is 79.1 Å². The number of nitrogens with two attached hydrogens (primary N) is 1. The Hall–Kier alpha value is -2.86. The molecule has 0 amide bonds. The van der Waals surface area contributed by atoms with Crippen LogP contribution in [-0.4, -0.2) is 72.1 Å².